The number of rotatable bonds is 4. The number of hydrogen-bond donors (Lipinski definition) is 2. The second-order valence-electron chi connectivity index (χ2n) is 4.87. The molecule has 1 aliphatic heterocycles. The summed E-state index contributed by atoms with van der Waals surface area (Å²) in [6.07, 6.45) is 3.44. The quantitative estimate of drug-likeness (QED) is 0.734. The van der Waals surface area contributed by atoms with Gasteiger partial charge in [-0.1, -0.05) is 0 Å². The van der Waals surface area contributed by atoms with Crippen molar-refractivity contribution in [2.24, 2.45) is 0 Å². The molecule has 0 bridgehead atoms. The molecule has 5 heteroatoms. The van der Waals surface area contributed by atoms with Gasteiger partial charge in [-0.25, -0.2) is 0 Å². The highest BCUT2D eigenvalue weighted by molar-refractivity contribution is 5.86. The van der Waals surface area contributed by atoms with Gasteiger partial charge in [0.25, 0.3) is 0 Å². The van der Waals surface area contributed by atoms with Crippen molar-refractivity contribution in [2.45, 2.75) is 38.1 Å². The van der Waals surface area contributed by atoms with Gasteiger partial charge in [-0.05, 0) is 32.7 Å². The van der Waals surface area contributed by atoms with Gasteiger partial charge in [0.2, 0.25) is 11.8 Å². The van der Waals surface area contributed by atoms with Crippen LogP contribution in [0.15, 0.2) is 0 Å². The van der Waals surface area contributed by atoms with Crippen molar-refractivity contribution in [1.82, 2.24) is 15.5 Å². The molecule has 1 saturated heterocycles. The van der Waals surface area contributed by atoms with Crippen LogP contribution in [-0.2, 0) is 9.59 Å². The maximum atomic E-state index is 12.3. The highest BCUT2D eigenvalue weighted by atomic mass is 16.2. The van der Waals surface area contributed by atoms with Crippen LogP contribution in [0.25, 0.3) is 0 Å². The molecule has 0 spiro atoms. The van der Waals surface area contributed by atoms with Gasteiger partial charge in [-0.2, -0.15) is 0 Å². The summed E-state index contributed by atoms with van der Waals surface area (Å²) in [5.74, 6) is 0.0486. The lowest BCUT2D eigenvalue weighted by molar-refractivity contribution is -0.137. The van der Waals surface area contributed by atoms with Crippen molar-refractivity contribution in [3.63, 3.8) is 0 Å². The van der Waals surface area contributed by atoms with Crippen LogP contribution in [0.3, 0.4) is 0 Å². The molecule has 1 fully saturated rings. The van der Waals surface area contributed by atoms with Crippen LogP contribution < -0.4 is 10.6 Å². The number of nitrogens with one attached hydrogen (secondary N) is 2. The Bertz CT molecular complexity index is 285. The summed E-state index contributed by atoms with van der Waals surface area (Å²) in [4.78, 5) is 25.0. The molecule has 5 nitrogen and oxygen atoms in total. The highest BCUT2D eigenvalue weighted by Gasteiger charge is 2.36. The second kappa shape index (κ2) is 6.00. The molecule has 1 aliphatic rings. The van der Waals surface area contributed by atoms with E-state index < -0.39 is 5.54 Å². The summed E-state index contributed by atoms with van der Waals surface area (Å²) in [5.41, 5.74) is -0.449. The van der Waals surface area contributed by atoms with Crippen molar-refractivity contribution in [3.8, 4) is 0 Å². The van der Waals surface area contributed by atoms with Crippen LogP contribution in [-0.4, -0.2) is 49.4 Å². The Morgan fingerprint density at radius 2 is 2.12 bits per heavy atom. The molecule has 0 aliphatic carbocycles. The monoisotopic (exact) mass is 241 g/mol. The zero-order valence-electron chi connectivity index (χ0n) is 11.0. The molecule has 17 heavy (non-hydrogen) atoms. The number of piperidine rings is 1. The first-order valence-corrected chi connectivity index (χ1v) is 6.21. The van der Waals surface area contributed by atoms with Crippen LogP contribution in [0.4, 0.5) is 0 Å². The molecule has 2 amide bonds. The summed E-state index contributed by atoms with van der Waals surface area (Å²) < 4.78 is 0. The van der Waals surface area contributed by atoms with E-state index in [0.29, 0.717) is 13.0 Å². The van der Waals surface area contributed by atoms with E-state index in [4.69, 9.17) is 0 Å². The Kier molecular flexibility index (Phi) is 4.93. The molecule has 0 saturated carbocycles. The zero-order valence-corrected chi connectivity index (χ0v) is 11.0. The molecule has 1 atom stereocenters. The average Bonchev–Trinajstić information content (AvgIpc) is 2.35. The summed E-state index contributed by atoms with van der Waals surface area (Å²) in [6.45, 7) is 3.31. The Morgan fingerprint density at radius 3 is 2.65 bits per heavy atom. The van der Waals surface area contributed by atoms with E-state index in [1.165, 1.54) is 0 Å². The number of hydrogen-bond acceptors (Lipinski definition) is 3. The van der Waals surface area contributed by atoms with E-state index in [0.717, 1.165) is 25.8 Å². The first-order valence-electron chi connectivity index (χ1n) is 6.21. The maximum absolute atomic E-state index is 12.3. The lowest BCUT2D eigenvalue weighted by atomic mass is 9.89. The predicted octanol–water partition coefficient (Wildman–Crippen LogP) is 0.113. The molecular weight excluding hydrogens is 218 g/mol. The van der Waals surface area contributed by atoms with Gasteiger partial charge in [0.05, 0.1) is 5.54 Å². The molecule has 1 rings (SSSR count). The molecular formula is C12H23N3O2. The first-order chi connectivity index (χ1) is 7.99. The molecule has 1 heterocycles. The fraction of sp³-hybridized carbons (Fsp3) is 0.833. The molecule has 1 unspecified atom stereocenters. The van der Waals surface area contributed by atoms with E-state index in [1.54, 1.807) is 19.0 Å². The minimum atomic E-state index is -0.449. The van der Waals surface area contributed by atoms with E-state index in [1.807, 2.05) is 6.92 Å². The van der Waals surface area contributed by atoms with Gasteiger partial charge in [0.1, 0.15) is 0 Å². The molecule has 0 aromatic rings. The van der Waals surface area contributed by atoms with Gasteiger partial charge in [-0.15, -0.1) is 0 Å². The summed E-state index contributed by atoms with van der Waals surface area (Å²) >= 11 is 0. The normalized spacial score (nSPS) is 24.2. The van der Waals surface area contributed by atoms with Gasteiger partial charge < -0.3 is 15.5 Å². The smallest absolute Gasteiger partial charge is 0.242 e. The standard InChI is InChI=1S/C12H23N3O2/c1-12(7-4-5-8-14-12)11(17)15(3)9-6-10(16)13-2/h14H,4-9H2,1-3H3,(H,13,16). The first kappa shape index (κ1) is 14.0. The molecule has 2 N–H and O–H groups in total. The number of carbonyl (C=O) groups excluding carboxylic acids is 2. The third-order valence-corrected chi connectivity index (χ3v) is 3.39. The van der Waals surface area contributed by atoms with Crippen LogP contribution in [0.1, 0.15) is 32.6 Å². The molecule has 0 aromatic carbocycles. The minimum absolute atomic E-state index is 0.0357. The van der Waals surface area contributed by atoms with Crippen LogP contribution >= 0.6 is 0 Å². The average molecular weight is 241 g/mol. The molecule has 98 valence electrons. The van der Waals surface area contributed by atoms with Gasteiger partial charge in [0, 0.05) is 27.1 Å². The van der Waals surface area contributed by atoms with E-state index in [9.17, 15) is 9.59 Å². The van der Waals surface area contributed by atoms with Gasteiger partial charge in [0.15, 0.2) is 0 Å². The predicted molar refractivity (Wildman–Crippen MR) is 66.6 cm³/mol. The summed E-state index contributed by atoms with van der Waals surface area (Å²) in [6, 6.07) is 0. The van der Waals surface area contributed by atoms with E-state index in [-0.39, 0.29) is 11.8 Å². The fourth-order valence-corrected chi connectivity index (χ4v) is 2.16. The zero-order chi connectivity index (χ0) is 12.9. The number of nitrogens with zero attached hydrogens (tertiary/aromatic N) is 1. The third kappa shape index (κ3) is 3.70. The van der Waals surface area contributed by atoms with Crippen molar-refractivity contribution >= 4 is 11.8 Å². The Hall–Kier alpha value is -1.10. The van der Waals surface area contributed by atoms with Crippen molar-refractivity contribution < 1.29 is 9.59 Å². The third-order valence-electron chi connectivity index (χ3n) is 3.39. The Balaban J connectivity index is 2.47. The maximum Gasteiger partial charge on any atom is 0.242 e. The van der Waals surface area contributed by atoms with Gasteiger partial charge >= 0.3 is 0 Å². The van der Waals surface area contributed by atoms with E-state index >= 15 is 0 Å². The lowest BCUT2D eigenvalue weighted by Gasteiger charge is -2.36. The number of carbonyl (C=O) groups is 2. The molecule has 0 aromatic heterocycles. The topological polar surface area (TPSA) is 61.4 Å². The minimum Gasteiger partial charge on any atom is -0.359 e. The van der Waals surface area contributed by atoms with Crippen LogP contribution in [0.5, 0.6) is 0 Å². The molecule has 0 radical (unpaired) electrons. The lowest BCUT2D eigenvalue weighted by Crippen LogP contribution is -2.57. The van der Waals surface area contributed by atoms with Crippen molar-refractivity contribution in [2.75, 3.05) is 27.2 Å². The van der Waals surface area contributed by atoms with Crippen LogP contribution in [0, 0.1) is 0 Å². The fourth-order valence-electron chi connectivity index (χ4n) is 2.16. The summed E-state index contributed by atoms with van der Waals surface area (Å²) in [7, 11) is 3.36. The summed E-state index contributed by atoms with van der Waals surface area (Å²) in [5, 5.41) is 5.84. The number of likely N-dealkylation sites (N-methyl/N-ethyl adjacent to an activating group) is 1. The highest BCUT2D eigenvalue weighted by Crippen LogP contribution is 2.20. The van der Waals surface area contributed by atoms with Gasteiger partial charge in [-0.3, -0.25) is 9.59 Å². The van der Waals surface area contributed by atoms with Crippen LogP contribution in [0.2, 0.25) is 0 Å². The Labute approximate surface area is 103 Å². The largest absolute Gasteiger partial charge is 0.359 e. The second-order valence-corrected chi connectivity index (χ2v) is 4.87. The van der Waals surface area contributed by atoms with Crippen molar-refractivity contribution in [3.05, 3.63) is 0 Å². The van der Waals surface area contributed by atoms with Crippen molar-refractivity contribution in [1.29, 1.82) is 0 Å². The SMILES string of the molecule is CNC(=O)CCN(C)C(=O)C1(C)CCCCN1. The Morgan fingerprint density at radius 1 is 1.41 bits per heavy atom. The van der Waals surface area contributed by atoms with E-state index in [2.05, 4.69) is 10.6 Å². The number of amides is 2.